The van der Waals surface area contributed by atoms with Crippen LogP contribution in [0.3, 0.4) is 0 Å². The van der Waals surface area contributed by atoms with E-state index in [4.69, 9.17) is 4.74 Å². The van der Waals surface area contributed by atoms with Gasteiger partial charge in [0.25, 0.3) is 0 Å². The Balaban J connectivity index is 4.01. The van der Waals surface area contributed by atoms with Gasteiger partial charge in [-0.25, -0.2) is 0 Å². The van der Waals surface area contributed by atoms with Gasteiger partial charge in [-0.15, -0.1) is 0 Å². The normalized spacial score (nSPS) is 14.1. The number of hydrogen-bond donors (Lipinski definition) is 0. The van der Waals surface area contributed by atoms with Crippen LogP contribution in [0.2, 0.25) is 0 Å². The fraction of sp³-hybridized carbons (Fsp3) is 0.889. The van der Waals surface area contributed by atoms with E-state index in [0.29, 0.717) is 0 Å². The predicted molar refractivity (Wildman–Crippen MR) is 45.5 cm³/mol. The smallest absolute Gasteiger partial charge is 0.158 e. The average Bonchev–Trinajstić information content (AvgIpc) is 1.81. The van der Waals surface area contributed by atoms with Gasteiger partial charge in [0.05, 0.1) is 6.10 Å². The first-order valence-corrected chi connectivity index (χ1v) is 4.11. The van der Waals surface area contributed by atoms with Gasteiger partial charge in [0.1, 0.15) is 6.10 Å². The van der Waals surface area contributed by atoms with Crippen molar-refractivity contribution in [3.8, 4) is 0 Å². The number of Topliss-reactive ketones (excluding diaryl/α,β-unsaturated/α-hetero) is 1. The third kappa shape index (κ3) is 4.14. The Morgan fingerprint density at radius 1 is 1.18 bits per heavy atom. The van der Waals surface area contributed by atoms with E-state index in [9.17, 15) is 4.79 Å². The van der Waals surface area contributed by atoms with Gasteiger partial charge < -0.3 is 4.74 Å². The second-order valence-electron chi connectivity index (χ2n) is 3.46. The van der Waals surface area contributed by atoms with E-state index >= 15 is 0 Å². The number of ketones is 1. The second-order valence-corrected chi connectivity index (χ2v) is 3.46. The summed E-state index contributed by atoms with van der Waals surface area (Å²) in [5.41, 5.74) is 0. The minimum Gasteiger partial charge on any atom is -0.368 e. The van der Waals surface area contributed by atoms with Crippen LogP contribution in [0.4, 0.5) is 0 Å². The Bertz CT molecular complexity index is 128. The number of carbonyl (C=O) groups excluding carboxylic acids is 1. The van der Waals surface area contributed by atoms with Crippen LogP contribution in [-0.2, 0) is 9.53 Å². The number of ether oxygens (including phenoxy) is 1. The molecule has 0 saturated heterocycles. The van der Waals surface area contributed by atoms with Crippen molar-refractivity contribution in [3.63, 3.8) is 0 Å². The minimum absolute atomic E-state index is 0.119. The molecule has 0 amide bonds. The highest BCUT2D eigenvalue weighted by Gasteiger charge is 2.19. The summed E-state index contributed by atoms with van der Waals surface area (Å²) in [5, 5.41) is 0. The number of rotatable bonds is 4. The molecule has 0 radical (unpaired) electrons. The van der Waals surface area contributed by atoms with Crippen molar-refractivity contribution >= 4 is 5.78 Å². The van der Waals surface area contributed by atoms with Crippen LogP contribution in [0, 0.1) is 5.92 Å². The molecule has 2 heteroatoms. The summed E-state index contributed by atoms with van der Waals surface area (Å²) >= 11 is 0. The average molecular weight is 158 g/mol. The molecule has 66 valence electrons. The van der Waals surface area contributed by atoms with Gasteiger partial charge >= 0.3 is 0 Å². The molecule has 0 aromatic heterocycles. The summed E-state index contributed by atoms with van der Waals surface area (Å²) in [5.74, 6) is 0.392. The maximum Gasteiger partial charge on any atom is 0.158 e. The van der Waals surface area contributed by atoms with Crippen LogP contribution in [0.1, 0.15) is 34.6 Å². The van der Waals surface area contributed by atoms with Gasteiger partial charge in [0.15, 0.2) is 5.78 Å². The molecule has 0 unspecified atom stereocenters. The van der Waals surface area contributed by atoms with Crippen LogP contribution in [0.5, 0.6) is 0 Å². The first-order chi connectivity index (χ1) is 4.95. The monoisotopic (exact) mass is 158 g/mol. The van der Waals surface area contributed by atoms with E-state index in [-0.39, 0.29) is 23.9 Å². The quantitative estimate of drug-likeness (QED) is 0.625. The Hall–Kier alpha value is -0.370. The third-order valence-electron chi connectivity index (χ3n) is 1.42. The molecule has 0 spiro atoms. The van der Waals surface area contributed by atoms with E-state index < -0.39 is 0 Å². The molecule has 0 aliphatic heterocycles. The fourth-order valence-electron chi connectivity index (χ4n) is 1.02. The first kappa shape index (κ1) is 10.6. The topological polar surface area (TPSA) is 26.3 Å². The standard InChI is InChI=1S/C9H18O2/c1-6(2)9(8(5)10)11-7(3)4/h6-7,9H,1-5H3/t9-/m0/s1. The van der Waals surface area contributed by atoms with E-state index in [0.717, 1.165) is 0 Å². The summed E-state index contributed by atoms with van der Waals surface area (Å²) in [6, 6.07) is 0. The Labute approximate surface area is 68.9 Å². The molecular formula is C9H18O2. The fourth-order valence-corrected chi connectivity index (χ4v) is 1.02. The van der Waals surface area contributed by atoms with E-state index in [2.05, 4.69) is 0 Å². The number of hydrogen-bond acceptors (Lipinski definition) is 2. The number of carbonyl (C=O) groups is 1. The molecule has 0 aliphatic rings. The molecule has 1 atom stereocenters. The van der Waals surface area contributed by atoms with Crippen molar-refractivity contribution in [2.75, 3.05) is 0 Å². The van der Waals surface area contributed by atoms with E-state index in [1.54, 1.807) is 6.92 Å². The van der Waals surface area contributed by atoms with E-state index in [1.165, 1.54) is 0 Å². The van der Waals surface area contributed by atoms with Crippen molar-refractivity contribution < 1.29 is 9.53 Å². The zero-order valence-corrected chi connectivity index (χ0v) is 8.05. The van der Waals surface area contributed by atoms with E-state index in [1.807, 2.05) is 27.7 Å². The van der Waals surface area contributed by atoms with Gasteiger partial charge in [0.2, 0.25) is 0 Å². The SMILES string of the molecule is CC(=O)[C@@H](OC(C)C)C(C)C. The molecule has 0 N–H and O–H groups in total. The molecule has 2 nitrogen and oxygen atoms in total. The highest BCUT2D eigenvalue weighted by molar-refractivity contribution is 5.80. The molecule has 11 heavy (non-hydrogen) atoms. The largest absolute Gasteiger partial charge is 0.368 e. The van der Waals surface area contributed by atoms with Gasteiger partial charge in [-0.1, -0.05) is 13.8 Å². The summed E-state index contributed by atoms with van der Waals surface area (Å²) in [6.07, 6.45) is -0.0960. The van der Waals surface area contributed by atoms with Gasteiger partial charge in [-0.3, -0.25) is 4.79 Å². The summed E-state index contributed by atoms with van der Waals surface area (Å²) in [7, 11) is 0. The van der Waals surface area contributed by atoms with Crippen LogP contribution in [-0.4, -0.2) is 18.0 Å². The molecule has 0 heterocycles. The van der Waals surface area contributed by atoms with Crippen LogP contribution in [0.25, 0.3) is 0 Å². The summed E-state index contributed by atoms with van der Waals surface area (Å²) in [4.78, 5) is 11.0. The zero-order chi connectivity index (χ0) is 9.02. The van der Waals surface area contributed by atoms with Crippen molar-refractivity contribution in [1.82, 2.24) is 0 Å². The minimum atomic E-state index is -0.227. The third-order valence-corrected chi connectivity index (χ3v) is 1.42. The van der Waals surface area contributed by atoms with Crippen molar-refractivity contribution in [1.29, 1.82) is 0 Å². The highest BCUT2D eigenvalue weighted by Crippen LogP contribution is 2.09. The maximum absolute atomic E-state index is 11.0. The van der Waals surface area contributed by atoms with Crippen molar-refractivity contribution in [3.05, 3.63) is 0 Å². The Morgan fingerprint density at radius 3 is 1.73 bits per heavy atom. The second kappa shape index (κ2) is 4.50. The van der Waals surface area contributed by atoms with Crippen LogP contribution < -0.4 is 0 Å². The first-order valence-electron chi connectivity index (χ1n) is 4.11. The molecule has 0 aromatic carbocycles. The summed E-state index contributed by atoms with van der Waals surface area (Å²) in [6.45, 7) is 9.45. The lowest BCUT2D eigenvalue weighted by molar-refractivity contribution is -0.134. The van der Waals surface area contributed by atoms with Crippen molar-refractivity contribution in [2.24, 2.45) is 5.92 Å². The summed E-state index contributed by atoms with van der Waals surface area (Å²) < 4.78 is 5.42. The lowest BCUT2D eigenvalue weighted by atomic mass is 10.0. The zero-order valence-electron chi connectivity index (χ0n) is 8.05. The van der Waals surface area contributed by atoms with Gasteiger partial charge in [-0.05, 0) is 26.7 Å². The molecule has 0 saturated carbocycles. The Morgan fingerprint density at radius 2 is 1.64 bits per heavy atom. The van der Waals surface area contributed by atoms with Gasteiger partial charge in [0, 0.05) is 0 Å². The molecule has 0 fully saturated rings. The highest BCUT2D eigenvalue weighted by atomic mass is 16.5. The Kier molecular flexibility index (Phi) is 4.34. The van der Waals surface area contributed by atoms with Crippen molar-refractivity contribution in [2.45, 2.75) is 46.8 Å². The predicted octanol–water partition coefficient (Wildman–Crippen LogP) is 2.02. The van der Waals surface area contributed by atoms with Crippen LogP contribution in [0.15, 0.2) is 0 Å². The molecule has 0 aromatic rings. The molecule has 0 rings (SSSR count). The molecular weight excluding hydrogens is 140 g/mol. The lowest BCUT2D eigenvalue weighted by Crippen LogP contribution is -2.30. The molecule has 0 aliphatic carbocycles. The molecule has 0 bridgehead atoms. The maximum atomic E-state index is 11.0. The lowest BCUT2D eigenvalue weighted by Gasteiger charge is -2.20. The van der Waals surface area contributed by atoms with Gasteiger partial charge in [-0.2, -0.15) is 0 Å². The van der Waals surface area contributed by atoms with Crippen LogP contribution >= 0.6 is 0 Å².